The monoisotopic (exact) mass is 244 g/mol. The number of aromatic amines is 1. The van der Waals surface area contributed by atoms with Crippen molar-refractivity contribution in [2.75, 3.05) is 5.73 Å². The number of ether oxygens (including phenoxy) is 1. The molecule has 1 heterocycles. The lowest BCUT2D eigenvalue weighted by molar-refractivity contribution is -0.275. The SMILES string of the molecule is Nc1[nH]c(=O)c(OC(F)(F)F)cc1C(F)F. The Kier molecular flexibility index (Phi) is 3.06. The highest BCUT2D eigenvalue weighted by atomic mass is 19.4. The average Bonchev–Trinajstić information content (AvgIpc) is 2.07. The van der Waals surface area contributed by atoms with Gasteiger partial charge in [-0.05, 0) is 6.07 Å². The lowest BCUT2D eigenvalue weighted by atomic mass is 10.2. The first-order chi connectivity index (χ1) is 7.20. The molecule has 0 spiro atoms. The van der Waals surface area contributed by atoms with Gasteiger partial charge in [0.05, 0.1) is 5.56 Å². The molecule has 0 aliphatic rings. The minimum absolute atomic E-state index is 0.256. The molecule has 90 valence electrons. The Hall–Kier alpha value is -1.80. The number of nitrogens with two attached hydrogens (primary N) is 1. The normalized spacial score (nSPS) is 11.9. The van der Waals surface area contributed by atoms with Crippen molar-refractivity contribution in [2.24, 2.45) is 0 Å². The summed E-state index contributed by atoms with van der Waals surface area (Å²) in [6.07, 6.45) is -8.25. The molecule has 0 amide bonds. The number of rotatable bonds is 2. The second kappa shape index (κ2) is 3.99. The van der Waals surface area contributed by atoms with Crippen LogP contribution in [0.3, 0.4) is 0 Å². The third-order valence-electron chi connectivity index (χ3n) is 1.53. The summed E-state index contributed by atoms with van der Waals surface area (Å²) in [5.74, 6) is -1.98. The molecule has 0 saturated carbocycles. The Bertz CT molecular complexity index is 439. The summed E-state index contributed by atoms with van der Waals surface area (Å²) < 4.78 is 63.0. The van der Waals surface area contributed by atoms with Crippen molar-refractivity contribution in [3.63, 3.8) is 0 Å². The topological polar surface area (TPSA) is 68.1 Å². The van der Waals surface area contributed by atoms with E-state index in [1.54, 1.807) is 4.98 Å². The number of hydrogen-bond acceptors (Lipinski definition) is 3. The number of pyridine rings is 1. The van der Waals surface area contributed by atoms with E-state index in [-0.39, 0.29) is 6.07 Å². The zero-order valence-corrected chi connectivity index (χ0v) is 7.44. The lowest BCUT2D eigenvalue weighted by Gasteiger charge is -2.10. The van der Waals surface area contributed by atoms with Crippen LogP contribution < -0.4 is 16.0 Å². The summed E-state index contributed by atoms with van der Waals surface area (Å²) in [6, 6.07) is 0.256. The molecular formula is C7H5F5N2O2. The minimum atomic E-state index is -5.14. The molecule has 0 unspecified atom stereocenters. The Morgan fingerprint density at radius 1 is 1.38 bits per heavy atom. The van der Waals surface area contributed by atoms with Gasteiger partial charge >= 0.3 is 6.36 Å². The smallest absolute Gasteiger partial charge is 0.400 e. The van der Waals surface area contributed by atoms with Gasteiger partial charge in [0.25, 0.3) is 12.0 Å². The Labute approximate surface area is 84.8 Å². The van der Waals surface area contributed by atoms with Crippen LogP contribution in [-0.4, -0.2) is 11.3 Å². The number of alkyl halides is 5. The van der Waals surface area contributed by atoms with Crippen LogP contribution in [0, 0.1) is 0 Å². The average molecular weight is 244 g/mol. The van der Waals surface area contributed by atoms with Crippen molar-refractivity contribution < 1.29 is 26.7 Å². The molecular weight excluding hydrogens is 239 g/mol. The van der Waals surface area contributed by atoms with Crippen molar-refractivity contribution >= 4 is 5.82 Å². The number of hydrogen-bond donors (Lipinski definition) is 2. The second-order valence-corrected chi connectivity index (χ2v) is 2.68. The quantitative estimate of drug-likeness (QED) is 0.779. The number of anilines is 1. The van der Waals surface area contributed by atoms with Gasteiger partial charge in [-0.15, -0.1) is 13.2 Å². The number of nitrogen functional groups attached to an aromatic ring is 1. The van der Waals surface area contributed by atoms with Crippen LogP contribution in [0.15, 0.2) is 10.9 Å². The maximum absolute atomic E-state index is 12.2. The fourth-order valence-electron chi connectivity index (χ4n) is 0.922. The van der Waals surface area contributed by atoms with E-state index in [2.05, 4.69) is 4.74 Å². The zero-order valence-electron chi connectivity index (χ0n) is 7.44. The summed E-state index contributed by atoms with van der Waals surface area (Å²) in [4.78, 5) is 12.5. The van der Waals surface area contributed by atoms with Gasteiger partial charge in [0.15, 0.2) is 5.75 Å². The van der Waals surface area contributed by atoms with Gasteiger partial charge in [0.2, 0.25) is 0 Å². The van der Waals surface area contributed by atoms with E-state index < -0.39 is 35.5 Å². The van der Waals surface area contributed by atoms with Gasteiger partial charge in [-0.3, -0.25) is 4.79 Å². The van der Waals surface area contributed by atoms with E-state index in [1.165, 1.54) is 0 Å². The highest BCUT2D eigenvalue weighted by Crippen LogP contribution is 2.27. The summed E-state index contributed by atoms with van der Waals surface area (Å²) in [7, 11) is 0. The van der Waals surface area contributed by atoms with E-state index >= 15 is 0 Å². The molecule has 0 radical (unpaired) electrons. The van der Waals surface area contributed by atoms with E-state index in [0.29, 0.717) is 0 Å². The molecule has 16 heavy (non-hydrogen) atoms. The molecule has 0 bridgehead atoms. The fourth-order valence-corrected chi connectivity index (χ4v) is 0.922. The van der Waals surface area contributed by atoms with Crippen LogP contribution in [0.5, 0.6) is 5.75 Å². The first-order valence-electron chi connectivity index (χ1n) is 3.77. The van der Waals surface area contributed by atoms with Crippen LogP contribution in [0.4, 0.5) is 27.8 Å². The van der Waals surface area contributed by atoms with Crippen LogP contribution >= 0.6 is 0 Å². The predicted molar refractivity (Wildman–Crippen MR) is 43.1 cm³/mol. The summed E-state index contributed by atoms with van der Waals surface area (Å²) >= 11 is 0. The van der Waals surface area contributed by atoms with Crippen molar-refractivity contribution in [1.82, 2.24) is 4.98 Å². The molecule has 0 atom stereocenters. The van der Waals surface area contributed by atoms with Gasteiger partial charge in [-0.2, -0.15) is 0 Å². The standard InChI is InChI=1S/C7H5F5N2O2/c8-4(9)2-1-3(16-7(10,11)12)6(15)14-5(2)13/h1,4H,(H3,13,14,15). The maximum Gasteiger partial charge on any atom is 0.573 e. The van der Waals surface area contributed by atoms with Crippen molar-refractivity contribution in [1.29, 1.82) is 0 Å². The molecule has 3 N–H and O–H groups in total. The van der Waals surface area contributed by atoms with Gasteiger partial charge in [0, 0.05) is 0 Å². The molecule has 0 fully saturated rings. The highest BCUT2D eigenvalue weighted by Gasteiger charge is 2.33. The Morgan fingerprint density at radius 3 is 2.38 bits per heavy atom. The van der Waals surface area contributed by atoms with Crippen LogP contribution in [0.1, 0.15) is 12.0 Å². The fraction of sp³-hybridized carbons (Fsp3) is 0.286. The molecule has 0 aliphatic heterocycles. The number of nitrogens with one attached hydrogen (secondary N) is 1. The molecule has 9 heteroatoms. The Morgan fingerprint density at radius 2 is 1.94 bits per heavy atom. The van der Waals surface area contributed by atoms with E-state index in [9.17, 15) is 26.7 Å². The third-order valence-corrected chi connectivity index (χ3v) is 1.53. The highest BCUT2D eigenvalue weighted by molar-refractivity contribution is 5.43. The van der Waals surface area contributed by atoms with E-state index in [0.717, 1.165) is 0 Å². The summed E-state index contributed by atoms with van der Waals surface area (Å²) in [5, 5.41) is 0. The number of aromatic nitrogens is 1. The molecule has 0 saturated heterocycles. The van der Waals surface area contributed by atoms with Crippen LogP contribution in [0.25, 0.3) is 0 Å². The van der Waals surface area contributed by atoms with Crippen LogP contribution in [-0.2, 0) is 0 Å². The third kappa shape index (κ3) is 2.84. The maximum atomic E-state index is 12.2. The van der Waals surface area contributed by atoms with Gasteiger partial charge < -0.3 is 15.5 Å². The summed E-state index contributed by atoms with van der Waals surface area (Å²) in [6.45, 7) is 0. The molecule has 0 aliphatic carbocycles. The first-order valence-corrected chi connectivity index (χ1v) is 3.77. The zero-order chi connectivity index (χ0) is 12.5. The van der Waals surface area contributed by atoms with Gasteiger partial charge in [-0.25, -0.2) is 8.78 Å². The van der Waals surface area contributed by atoms with Crippen molar-refractivity contribution in [2.45, 2.75) is 12.8 Å². The lowest BCUT2D eigenvalue weighted by Crippen LogP contribution is -2.23. The molecule has 1 aromatic heterocycles. The van der Waals surface area contributed by atoms with E-state index in [4.69, 9.17) is 5.73 Å². The van der Waals surface area contributed by atoms with Gasteiger partial charge in [-0.1, -0.05) is 0 Å². The predicted octanol–water partition coefficient (Wildman–Crippen LogP) is 1.79. The van der Waals surface area contributed by atoms with Crippen molar-refractivity contribution in [3.8, 4) is 5.75 Å². The van der Waals surface area contributed by atoms with E-state index in [1.807, 2.05) is 0 Å². The second-order valence-electron chi connectivity index (χ2n) is 2.68. The van der Waals surface area contributed by atoms with Gasteiger partial charge in [0.1, 0.15) is 5.82 Å². The minimum Gasteiger partial charge on any atom is -0.400 e. The summed E-state index contributed by atoms with van der Waals surface area (Å²) in [5.41, 5.74) is 2.72. The van der Waals surface area contributed by atoms with Crippen LogP contribution in [0.2, 0.25) is 0 Å². The van der Waals surface area contributed by atoms with Crippen molar-refractivity contribution in [3.05, 3.63) is 22.0 Å². The molecule has 0 aromatic carbocycles. The largest absolute Gasteiger partial charge is 0.573 e. The number of halogens is 5. The molecule has 1 rings (SSSR count). The first kappa shape index (κ1) is 12.3. The molecule has 1 aromatic rings. The Balaban J connectivity index is 3.20. The number of H-pyrrole nitrogens is 1. The molecule has 4 nitrogen and oxygen atoms in total.